The van der Waals surface area contributed by atoms with Gasteiger partial charge < -0.3 is 23.7 Å². The number of aliphatic hydroxyl groups is 1. The first kappa shape index (κ1) is 19.7. The molecule has 23 heavy (non-hydrogen) atoms. The van der Waals surface area contributed by atoms with Crippen molar-refractivity contribution in [2.75, 3.05) is 12.9 Å². The summed E-state index contributed by atoms with van der Waals surface area (Å²) in [4.78, 5) is 0. The van der Waals surface area contributed by atoms with Crippen molar-refractivity contribution in [3.05, 3.63) is 0 Å². The Morgan fingerprint density at radius 2 is 1.74 bits per heavy atom. The van der Waals surface area contributed by atoms with E-state index in [1.807, 2.05) is 20.1 Å². The van der Waals surface area contributed by atoms with Crippen molar-refractivity contribution in [2.45, 2.75) is 88.4 Å². The van der Waals surface area contributed by atoms with Crippen LogP contribution in [0.5, 0.6) is 0 Å². The quantitative estimate of drug-likeness (QED) is 0.774. The second-order valence-electron chi connectivity index (χ2n) is 8.41. The van der Waals surface area contributed by atoms with Crippen LogP contribution in [0, 0.1) is 0 Å². The lowest BCUT2D eigenvalue weighted by Gasteiger charge is -2.42. The number of hydrogen-bond acceptors (Lipinski definition) is 6. The third kappa shape index (κ3) is 4.14. The molecule has 1 N–H and O–H groups in total. The molecule has 2 aliphatic heterocycles. The monoisotopic (exact) mass is 364 g/mol. The molecule has 0 amide bonds. The molecule has 0 saturated carbocycles. The summed E-state index contributed by atoms with van der Waals surface area (Å²) in [6.07, 6.45) is 0.344. The summed E-state index contributed by atoms with van der Waals surface area (Å²) in [7, 11) is -1.86. The van der Waals surface area contributed by atoms with Gasteiger partial charge in [-0.05, 0) is 38.2 Å². The normalized spacial score (nSPS) is 37.7. The standard InChI is InChI=1S/C16H32O5SSi/c1-15(2,3)23(7,8)18-9-10-12-13(21-16(4,5)20-12)11(17)14(19-10)22-6/h10-14,17H,9H2,1-8H3/t10?,11-,12?,13+,14?/m0/s1. The Morgan fingerprint density at radius 3 is 2.26 bits per heavy atom. The zero-order valence-electron chi connectivity index (χ0n) is 15.6. The minimum atomic E-state index is -1.86. The SMILES string of the molecule is CSC1OC(CO[Si](C)(C)C(C)(C)C)C2OC(C)(C)O[C@@H]2[C@@H]1O. The first-order chi connectivity index (χ1) is 10.4. The molecule has 0 spiro atoms. The lowest BCUT2D eigenvalue weighted by molar-refractivity contribution is -0.166. The van der Waals surface area contributed by atoms with Gasteiger partial charge in [-0.25, -0.2) is 0 Å². The highest BCUT2D eigenvalue weighted by Crippen LogP contribution is 2.41. The zero-order valence-corrected chi connectivity index (χ0v) is 17.4. The molecule has 0 aromatic carbocycles. The van der Waals surface area contributed by atoms with E-state index < -0.39 is 20.2 Å². The fourth-order valence-corrected chi connectivity index (χ4v) is 4.39. The predicted octanol–water partition coefficient (Wildman–Crippen LogP) is 2.98. The summed E-state index contributed by atoms with van der Waals surface area (Å²) in [5.41, 5.74) is -0.318. The maximum Gasteiger partial charge on any atom is 0.192 e. The molecule has 0 aromatic rings. The van der Waals surface area contributed by atoms with Crippen LogP contribution in [0.3, 0.4) is 0 Å². The largest absolute Gasteiger partial charge is 0.414 e. The highest BCUT2D eigenvalue weighted by atomic mass is 32.2. The van der Waals surface area contributed by atoms with Crippen LogP contribution in [0.15, 0.2) is 0 Å². The van der Waals surface area contributed by atoms with Gasteiger partial charge >= 0.3 is 0 Å². The Bertz CT molecular complexity index is 423. The van der Waals surface area contributed by atoms with Gasteiger partial charge in [-0.15, -0.1) is 11.8 Å². The second-order valence-corrected chi connectivity index (χ2v) is 14.2. The summed E-state index contributed by atoms with van der Waals surface area (Å²) < 4.78 is 24.3. The van der Waals surface area contributed by atoms with Crippen molar-refractivity contribution in [3.63, 3.8) is 0 Å². The van der Waals surface area contributed by atoms with E-state index in [4.69, 9.17) is 18.6 Å². The fourth-order valence-electron chi connectivity index (χ4n) is 2.69. The van der Waals surface area contributed by atoms with Crippen LogP contribution in [-0.4, -0.2) is 61.9 Å². The van der Waals surface area contributed by atoms with Crippen LogP contribution in [0.25, 0.3) is 0 Å². The van der Waals surface area contributed by atoms with Crippen LogP contribution in [0.2, 0.25) is 18.1 Å². The third-order valence-corrected chi connectivity index (χ3v) is 10.5. The molecule has 0 bridgehead atoms. The van der Waals surface area contributed by atoms with Crippen LogP contribution in [0.4, 0.5) is 0 Å². The van der Waals surface area contributed by atoms with E-state index in [0.717, 1.165) is 0 Å². The highest BCUT2D eigenvalue weighted by molar-refractivity contribution is 7.99. The van der Waals surface area contributed by atoms with Crippen molar-refractivity contribution in [3.8, 4) is 0 Å². The van der Waals surface area contributed by atoms with Gasteiger partial charge in [0.2, 0.25) is 0 Å². The summed E-state index contributed by atoms with van der Waals surface area (Å²) >= 11 is 1.49. The Kier molecular flexibility index (Phi) is 5.64. The lowest BCUT2D eigenvalue weighted by atomic mass is 10.0. The summed E-state index contributed by atoms with van der Waals surface area (Å²) in [6, 6.07) is 0. The molecule has 2 fully saturated rings. The predicted molar refractivity (Wildman–Crippen MR) is 95.2 cm³/mol. The molecule has 3 unspecified atom stereocenters. The van der Waals surface area contributed by atoms with Gasteiger partial charge in [-0.1, -0.05) is 20.8 Å². The van der Waals surface area contributed by atoms with Gasteiger partial charge in [-0.3, -0.25) is 0 Å². The lowest BCUT2D eigenvalue weighted by Crippen LogP contribution is -2.57. The molecular weight excluding hydrogens is 332 g/mol. The molecule has 0 aromatic heterocycles. The number of rotatable bonds is 4. The highest BCUT2D eigenvalue weighted by Gasteiger charge is 2.55. The molecule has 7 heteroatoms. The Hall–Kier alpha value is 0.367. The number of ether oxygens (including phenoxy) is 3. The average Bonchev–Trinajstić information content (AvgIpc) is 2.73. The minimum absolute atomic E-state index is 0.145. The average molecular weight is 365 g/mol. The summed E-state index contributed by atoms with van der Waals surface area (Å²) in [5, 5.41) is 10.6. The van der Waals surface area contributed by atoms with E-state index in [-0.39, 0.29) is 28.8 Å². The van der Waals surface area contributed by atoms with E-state index in [9.17, 15) is 5.11 Å². The van der Waals surface area contributed by atoms with Gasteiger partial charge in [0.15, 0.2) is 14.1 Å². The van der Waals surface area contributed by atoms with Crippen molar-refractivity contribution in [1.82, 2.24) is 0 Å². The molecule has 2 saturated heterocycles. The Labute approximate surface area is 145 Å². The maximum absolute atomic E-state index is 10.5. The minimum Gasteiger partial charge on any atom is -0.414 e. The Balaban J connectivity index is 2.11. The second kappa shape index (κ2) is 6.59. The van der Waals surface area contributed by atoms with E-state index in [0.29, 0.717) is 6.61 Å². The number of hydrogen-bond donors (Lipinski definition) is 1. The molecular formula is C16H32O5SSi. The molecule has 5 nitrogen and oxygen atoms in total. The zero-order chi connectivity index (χ0) is 17.6. The van der Waals surface area contributed by atoms with Crippen LogP contribution in [-0.2, 0) is 18.6 Å². The number of aliphatic hydroxyl groups excluding tert-OH is 1. The van der Waals surface area contributed by atoms with Gasteiger partial charge in [0, 0.05) is 0 Å². The van der Waals surface area contributed by atoms with E-state index in [1.54, 1.807) is 0 Å². The van der Waals surface area contributed by atoms with Crippen molar-refractivity contribution >= 4 is 20.1 Å². The smallest absolute Gasteiger partial charge is 0.192 e. The molecule has 0 radical (unpaired) electrons. The van der Waals surface area contributed by atoms with Crippen molar-refractivity contribution in [2.24, 2.45) is 0 Å². The van der Waals surface area contributed by atoms with Gasteiger partial charge in [0.1, 0.15) is 29.9 Å². The van der Waals surface area contributed by atoms with Crippen molar-refractivity contribution < 1.29 is 23.7 Å². The van der Waals surface area contributed by atoms with E-state index >= 15 is 0 Å². The summed E-state index contributed by atoms with van der Waals surface area (Å²) in [6.45, 7) is 15.3. The molecule has 0 aliphatic carbocycles. The molecule has 2 heterocycles. The Morgan fingerprint density at radius 1 is 1.17 bits per heavy atom. The molecule has 5 atom stereocenters. The summed E-state index contributed by atoms with van der Waals surface area (Å²) in [5.74, 6) is -0.706. The first-order valence-electron chi connectivity index (χ1n) is 8.24. The topological polar surface area (TPSA) is 57.2 Å². The van der Waals surface area contributed by atoms with E-state index in [1.165, 1.54) is 11.8 Å². The first-order valence-corrected chi connectivity index (χ1v) is 12.4. The molecule has 136 valence electrons. The maximum atomic E-state index is 10.5. The van der Waals surface area contributed by atoms with Gasteiger partial charge in [-0.2, -0.15) is 0 Å². The third-order valence-electron chi connectivity index (χ3n) is 5.10. The number of thioether (sulfide) groups is 1. The van der Waals surface area contributed by atoms with Gasteiger partial charge in [0.05, 0.1) is 6.61 Å². The van der Waals surface area contributed by atoms with Crippen LogP contribution >= 0.6 is 11.8 Å². The van der Waals surface area contributed by atoms with Crippen LogP contribution in [0.1, 0.15) is 34.6 Å². The van der Waals surface area contributed by atoms with Crippen molar-refractivity contribution in [1.29, 1.82) is 0 Å². The molecule has 2 rings (SSSR count). The van der Waals surface area contributed by atoms with E-state index in [2.05, 4.69) is 33.9 Å². The number of fused-ring (bicyclic) bond motifs is 1. The van der Waals surface area contributed by atoms with Gasteiger partial charge in [0.25, 0.3) is 0 Å². The van der Waals surface area contributed by atoms with Crippen LogP contribution < -0.4 is 0 Å². The molecule has 2 aliphatic rings. The fraction of sp³-hybridized carbons (Fsp3) is 1.00.